The van der Waals surface area contributed by atoms with Gasteiger partial charge in [0, 0.05) is 63.6 Å². The number of carbonyl (C=O) groups excluding carboxylic acids is 1. The number of aliphatic hydroxyl groups is 3. The Morgan fingerprint density at radius 1 is 0.484 bits per heavy atom. The normalized spacial score (nSPS) is 26.9. The van der Waals surface area contributed by atoms with Crippen LogP contribution in [0.15, 0.2) is 91.0 Å². The summed E-state index contributed by atoms with van der Waals surface area (Å²) in [7, 11) is 0. The molecule has 6 aromatic carbocycles. The Morgan fingerprint density at radius 3 is 1.70 bits per heavy atom. The minimum absolute atomic E-state index is 0.00125. The fraction of sp³-hybridized carbons (Fsp3) is 0.213. The first-order valence-corrected chi connectivity index (χ1v) is 20.1. The maximum absolute atomic E-state index is 13.0. The highest BCUT2D eigenvalue weighted by Crippen LogP contribution is 2.66. The van der Waals surface area contributed by atoms with Crippen molar-refractivity contribution in [3.05, 3.63) is 136 Å². The number of esters is 1. The van der Waals surface area contributed by atoms with Crippen molar-refractivity contribution in [1.29, 1.82) is 0 Å². The average molecular weight is 873 g/mol. The Labute approximate surface area is 360 Å². The van der Waals surface area contributed by atoms with Crippen LogP contribution in [0.3, 0.4) is 0 Å². The molecule has 9 unspecified atom stereocenters. The first-order valence-electron chi connectivity index (χ1n) is 20.1. The summed E-state index contributed by atoms with van der Waals surface area (Å²) < 4.78 is 31.7. The summed E-state index contributed by atoms with van der Waals surface area (Å²) >= 11 is 0. The number of hydrogen-bond acceptors (Lipinski definition) is 17. The first kappa shape index (κ1) is 39.1. The second-order valence-electron chi connectivity index (χ2n) is 16.5. The van der Waals surface area contributed by atoms with Crippen molar-refractivity contribution in [2.75, 3.05) is 0 Å². The van der Waals surface area contributed by atoms with E-state index >= 15 is 0 Å². The van der Waals surface area contributed by atoms with Crippen molar-refractivity contribution in [3.8, 4) is 74.7 Å². The molecule has 0 fully saturated rings. The zero-order valence-electron chi connectivity index (χ0n) is 32.9. The van der Waals surface area contributed by atoms with Crippen molar-refractivity contribution in [1.82, 2.24) is 0 Å². The molecule has 0 aromatic heterocycles. The first-order chi connectivity index (χ1) is 30.6. The third-order valence-electron chi connectivity index (χ3n) is 12.8. The lowest BCUT2D eigenvalue weighted by Gasteiger charge is -2.51. The van der Waals surface area contributed by atoms with Gasteiger partial charge in [-0.3, -0.25) is 4.79 Å². The van der Waals surface area contributed by atoms with E-state index in [-0.39, 0.29) is 85.6 Å². The van der Waals surface area contributed by atoms with Gasteiger partial charge in [-0.2, -0.15) is 0 Å². The van der Waals surface area contributed by atoms with Gasteiger partial charge in [0.25, 0.3) is 0 Å². The summed E-state index contributed by atoms with van der Waals surface area (Å²) in [5, 5.41) is 125. The van der Waals surface area contributed by atoms with Crippen LogP contribution in [0.4, 0.5) is 0 Å². The predicted molar refractivity (Wildman–Crippen MR) is 216 cm³/mol. The molecule has 17 nitrogen and oxygen atoms in total. The number of hydrogen-bond donors (Lipinski definition) is 11. The van der Waals surface area contributed by atoms with Crippen LogP contribution in [-0.4, -0.2) is 80.5 Å². The fourth-order valence-electron chi connectivity index (χ4n) is 10.0. The van der Waals surface area contributed by atoms with Crippen LogP contribution in [-0.2, 0) is 10.6 Å². The van der Waals surface area contributed by atoms with Gasteiger partial charge in [-0.1, -0.05) is 18.2 Å². The molecular weight excluding hydrogens is 836 g/mol. The molecule has 11 rings (SSSR count). The van der Waals surface area contributed by atoms with Gasteiger partial charge < -0.3 is 79.9 Å². The number of aromatic hydroxyl groups is 8. The second-order valence-corrected chi connectivity index (χ2v) is 16.5. The van der Waals surface area contributed by atoms with E-state index in [2.05, 4.69) is 0 Å². The Morgan fingerprint density at radius 2 is 1.05 bits per heavy atom. The van der Waals surface area contributed by atoms with Crippen molar-refractivity contribution in [2.24, 2.45) is 0 Å². The maximum atomic E-state index is 13.0. The number of rotatable bonds is 4. The van der Waals surface area contributed by atoms with E-state index in [9.17, 15) is 61.0 Å². The van der Waals surface area contributed by atoms with Gasteiger partial charge in [0.2, 0.25) is 0 Å². The van der Waals surface area contributed by atoms with Gasteiger partial charge >= 0.3 is 11.8 Å². The van der Waals surface area contributed by atoms with E-state index in [0.29, 0.717) is 5.56 Å². The SMILES string of the molecule is O=C1CC2c3c(cc(O)c(C4c5c(O)cc6c(c5OC(c5ccc(O)c(O)c5)C4O)C4c5c(O)cc(O)cc5OC(c5ccc(O)cc5)(O6)C4O)c3OC(c3ccc(O)cc3)C2O)O1. The molecule has 0 amide bonds. The lowest BCUT2D eigenvalue weighted by atomic mass is 9.71. The van der Waals surface area contributed by atoms with Crippen molar-refractivity contribution < 1.29 is 84.7 Å². The van der Waals surface area contributed by atoms with Gasteiger partial charge in [-0.05, 0) is 59.7 Å². The average Bonchev–Trinajstić information content (AvgIpc) is 3.24. The summed E-state index contributed by atoms with van der Waals surface area (Å²) in [6.45, 7) is 0. The number of carbonyl (C=O) groups is 1. The molecule has 64 heavy (non-hydrogen) atoms. The highest BCUT2D eigenvalue weighted by Gasteiger charge is 2.61. The van der Waals surface area contributed by atoms with Crippen molar-refractivity contribution in [2.45, 2.75) is 60.5 Å². The Hall–Kier alpha value is -7.73. The van der Waals surface area contributed by atoms with Crippen LogP contribution in [0.5, 0.6) is 74.7 Å². The Bertz CT molecular complexity index is 2950. The van der Waals surface area contributed by atoms with Gasteiger partial charge in [-0.25, -0.2) is 0 Å². The molecule has 2 bridgehead atoms. The zero-order valence-corrected chi connectivity index (χ0v) is 32.9. The predicted octanol–water partition coefficient (Wildman–Crippen LogP) is 4.98. The van der Waals surface area contributed by atoms with Crippen LogP contribution in [0.2, 0.25) is 0 Å². The number of fused-ring (bicyclic) bond motifs is 8. The molecule has 17 heteroatoms. The van der Waals surface area contributed by atoms with E-state index in [4.69, 9.17) is 23.7 Å². The number of aliphatic hydroxyl groups excluding tert-OH is 3. The molecule has 0 saturated carbocycles. The minimum atomic E-state index is -2.14. The van der Waals surface area contributed by atoms with Gasteiger partial charge in [0.15, 0.2) is 23.7 Å². The Balaban J connectivity index is 1.19. The topological polar surface area (TPSA) is 286 Å². The van der Waals surface area contributed by atoms with Crippen LogP contribution in [0.1, 0.15) is 80.9 Å². The third-order valence-corrected chi connectivity index (χ3v) is 12.8. The van der Waals surface area contributed by atoms with Crippen LogP contribution < -0.4 is 23.7 Å². The van der Waals surface area contributed by atoms with Gasteiger partial charge in [0.05, 0.1) is 18.3 Å². The molecule has 0 radical (unpaired) electrons. The molecular formula is C47H36O17. The van der Waals surface area contributed by atoms with E-state index in [0.717, 1.165) is 24.3 Å². The molecule has 5 heterocycles. The lowest BCUT2D eigenvalue weighted by Crippen LogP contribution is -2.57. The summed E-state index contributed by atoms with van der Waals surface area (Å²) in [4.78, 5) is 13.0. The van der Waals surface area contributed by atoms with E-state index < -0.39 is 94.5 Å². The smallest absolute Gasteiger partial charge is 0.311 e. The fourth-order valence-corrected chi connectivity index (χ4v) is 10.0. The summed E-state index contributed by atoms with van der Waals surface area (Å²) in [5.74, 6) is -10.9. The molecule has 9 atom stereocenters. The highest BCUT2D eigenvalue weighted by atomic mass is 16.7. The third kappa shape index (κ3) is 5.50. The van der Waals surface area contributed by atoms with Crippen LogP contribution >= 0.6 is 0 Å². The molecule has 6 aromatic rings. The second kappa shape index (κ2) is 13.6. The number of phenols is 8. The van der Waals surface area contributed by atoms with E-state index in [1.165, 1.54) is 66.7 Å². The van der Waals surface area contributed by atoms with Gasteiger partial charge in [0.1, 0.15) is 81.6 Å². The standard InChI is InChI=1S/C47H36O17/c48-20-6-1-17(2-7-20)42-40(57)23-14-32(56)60-29-15-27(54)35(44(61-42)33(23)29)38-36-28(55)16-31-37(45(36)62-43(41(38)58)18-3-10-24(51)25(52)11-18)39-34-26(53)12-22(50)13-30(34)63-47(64-31,46(39)59)19-4-8-21(49)9-5-19/h1-13,15-16,23,38-43,46,48-55,57-59H,14H2. The molecule has 0 saturated heterocycles. The summed E-state index contributed by atoms with van der Waals surface area (Å²) in [6.07, 6.45) is -7.98. The highest BCUT2D eigenvalue weighted by molar-refractivity contribution is 5.80. The number of ether oxygens (including phenoxy) is 5. The molecule has 5 aliphatic heterocycles. The summed E-state index contributed by atoms with van der Waals surface area (Å²) in [5.41, 5.74) is 0.440. The van der Waals surface area contributed by atoms with Crippen LogP contribution in [0.25, 0.3) is 0 Å². The lowest BCUT2D eigenvalue weighted by molar-refractivity contribution is -0.219. The van der Waals surface area contributed by atoms with Crippen LogP contribution in [0, 0.1) is 0 Å². The Kier molecular flexibility index (Phi) is 8.34. The number of phenolic OH excluding ortho intramolecular Hbond substituents is 8. The van der Waals surface area contributed by atoms with Crippen molar-refractivity contribution in [3.63, 3.8) is 0 Å². The van der Waals surface area contributed by atoms with E-state index in [1.807, 2.05) is 0 Å². The minimum Gasteiger partial charge on any atom is -0.508 e. The van der Waals surface area contributed by atoms with Crippen molar-refractivity contribution >= 4 is 5.97 Å². The number of benzene rings is 6. The molecule has 0 spiro atoms. The monoisotopic (exact) mass is 872 g/mol. The molecule has 326 valence electrons. The summed E-state index contributed by atoms with van der Waals surface area (Å²) in [6, 6.07) is 19.5. The maximum Gasteiger partial charge on any atom is 0.311 e. The molecule has 5 aliphatic rings. The quantitative estimate of drug-likeness (QED) is 0.0633. The van der Waals surface area contributed by atoms with Gasteiger partial charge in [-0.15, -0.1) is 0 Å². The molecule has 0 aliphatic carbocycles. The van der Waals surface area contributed by atoms with E-state index in [1.54, 1.807) is 0 Å². The molecule has 11 N–H and O–H groups in total. The zero-order chi connectivity index (χ0) is 44.7. The largest absolute Gasteiger partial charge is 0.508 e.